The molecule has 0 aliphatic carbocycles. The molecule has 1 atom stereocenters. The average molecular weight is 515 g/mol. The Hall–Kier alpha value is -4.20. The lowest BCUT2D eigenvalue weighted by Crippen LogP contribution is -2.44. The van der Waals surface area contributed by atoms with E-state index in [4.69, 9.17) is 4.74 Å². The lowest BCUT2D eigenvalue weighted by molar-refractivity contribution is -0.126. The summed E-state index contributed by atoms with van der Waals surface area (Å²) in [5, 5.41) is 8.68. The SMILES string of the molecule is COc1ccc2[nH]c(C)c(CC(=O)N[C@@H](CCCCCC(C)=O)C(=O)Nc3cc4ccccc4cn3)c2c1. The van der Waals surface area contributed by atoms with E-state index in [9.17, 15) is 14.4 Å². The number of pyridine rings is 1. The zero-order valence-corrected chi connectivity index (χ0v) is 22.1. The lowest BCUT2D eigenvalue weighted by Gasteiger charge is -2.19. The molecule has 198 valence electrons. The maximum Gasteiger partial charge on any atom is 0.248 e. The number of benzene rings is 2. The Bertz CT molecular complexity index is 1460. The van der Waals surface area contributed by atoms with Crippen LogP contribution in [0.3, 0.4) is 0 Å². The minimum Gasteiger partial charge on any atom is -0.497 e. The number of amides is 2. The number of methoxy groups -OCH3 is 1. The largest absolute Gasteiger partial charge is 0.497 e. The van der Waals surface area contributed by atoms with Crippen molar-refractivity contribution in [2.75, 3.05) is 12.4 Å². The highest BCUT2D eigenvalue weighted by atomic mass is 16.5. The molecular formula is C30H34N4O4. The van der Waals surface area contributed by atoms with Gasteiger partial charge in [-0.3, -0.25) is 9.59 Å². The van der Waals surface area contributed by atoms with Gasteiger partial charge in [0.15, 0.2) is 0 Å². The number of aryl methyl sites for hydroxylation is 1. The summed E-state index contributed by atoms with van der Waals surface area (Å²) in [5.41, 5.74) is 2.69. The van der Waals surface area contributed by atoms with Crippen molar-refractivity contribution >= 4 is 45.1 Å². The molecule has 2 amide bonds. The standard InChI is InChI=1S/C30H34N4O4/c1-19(35)9-5-4-6-12-27(30(37)34-28-15-21-10-7-8-11-22(21)18-31-28)33-29(36)17-24-20(2)32-26-14-13-23(38-3)16-25(24)26/h7-8,10-11,13-16,18,27,32H,4-6,9,12,17H2,1-3H3,(H,33,36)(H,31,34,37)/t27-/m0/s1. The number of hydrogen-bond donors (Lipinski definition) is 3. The second-order valence-corrected chi connectivity index (χ2v) is 9.64. The summed E-state index contributed by atoms with van der Waals surface area (Å²) in [6.45, 7) is 3.51. The molecule has 0 spiro atoms. The Balaban J connectivity index is 1.47. The maximum absolute atomic E-state index is 13.3. The van der Waals surface area contributed by atoms with Crippen LogP contribution in [0.5, 0.6) is 5.75 Å². The van der Waals surface area contributed by atoms with Crippen LogP contribution in [0.1, 0.15) is 50.3 Å². The number of carbonyl (C=O) groups excluding carboxylic acids is 3. The van der Waals surface area contributed by atoms with Crippen molar-refractivity contribution in [3.63, 3.8) is 0 Å². The Morgan fingerprint density at radius 3 is 2.58 bits per heavy atom. The number of unbranched alkanes of at least 4 members (excludes halogenated alkanes) is 2. The van der Waals surface area contributed by atoms with E-state index in [0.29, 0.717) is 30.8 Å². The van der Waals surface area contributed by atoms with Crippen LogP contribution in [0.25, 0.3) is 21.7 Å². The van der Waals surface area contributed by atoms with Gasteiger partial charge < -0.3 is 25.1 Å². The molecule has 38 heavy (non-hydrogen) atoms. The molecule has 3 N–H and O–H groups in total. The number of hydrogen-bond acceptors (Lipinski definition) is 5. The fourth-order valence-electron chi connectivity index (χ4n) is 4.66. The molecule has 0 bridgehead atoms. The molecule has 0 aliphatic heterocycles. The minimum absolute atomic E-state index is 0.126. The van der Waals surface area contributed by atoms with Gasteiger partial charge in [-0.2, -0.15) is 0 Å². The first-order valence-electron chi connectivity index (χ1n) is 12.9. The van der Waals surface area contributed by atoms with E-state index in [-0.39, 0.29) is 24.0 Å². The van der Waals surface area contributed by atoms with E-state index >= 15 is 0 Å². The van der Waals surface area contributed by atoms with Gasteiger partial charge >= 0.3 is 0 Å². The Morgan fingerprint density at radius 1 is 1.03 bits per heavy atom. The van der Waals surface area contributed by atoms with Gasteiger partial charge in [-0.1, -0.05) is 37.1 Å². The average Bonchev–Trinajstić information content (AvgIpc) is 3.21. The highest BCUT2D eigenvalue weighted by Crippen LogP contribution is 2.27. The summed E-state index contributed by atoms with van der Waals surface area (Å²) in [6.07, 6.45) is 5.10. The number of nitrogens with one attached hydrogen (secondary N) is 3. The van der Waals surface area contributed by atoms with Crippen molar-refractivity contribution in [1.82, 2.24) is 15.3 Å². The number of Topliss-reactive ketones (excluding diaryl/α,β-unsaturated/α-hetero) is 1. The number of ether oxygens (including phenoxy) is 1. The number of nitrogens with zero attached hydrogens (tertiary/aromatic N) is 1. The maximum atomic E-state index is 13.3. The van der Waals surface area contributed by atoms with E-state index in [2.05, 4.69) is 20.6 Å². The zero-order valence-electron chi connectivity index (χ0n) is 22.1. The number of aromatic nitrogens is 2. The molecule has 0 unspecified atom stereocenters. The molecule has 2 heterocycles. The Labute approximate surface area is 222 Å². The number of carbonyl (C=O) groups is 3. The zero-order chi connectivity index (χ0) is 27.1. The lowest BCUT2D eigenvalue weighted by atomic mass is 10.0. The van der Waals surface area contributed by atoms with Gasteiger partial charge in [-0.05, 0) is 61.9 Å². The van der Waals surface area contributed by atoms with Gasteiger partial charge in [-0.15, -0.1) is 0 Å². The first-order valence-corrected chi connectivity index (χ1v) is 12.9. The van der Waals surface area contributed by atoms with Crippen LogP contribution in [0.15, 0.2) is 54.7 Å². The summed E-state index contributed by atoms with van der Waals surface area (Å²) < 4.78 is 5.36. The number of fused-ring (bicyclic) bond motifs is 2. The molecule has 0 aliphatic rings. The molecule has 0 saturated heterocycles. The van der Waals surface area contributed by atoms with Crippen LogP contribution < -0.4 is 15.4 Å². The predicted molar refractivity (Wildman–Crippen MR) is 149 cm³/mol. The van der Waals surface area contributed by atoms with E-state index in [1.54, 1.807) is 20.2 Å². The van der Waals surface area contributed by atoms with Crippen LogP contribution in [0.2, 0.25) is 0 Å². The smallest absolute Gasteiger partial charge is 0.248 e. The number of ketones is 1. The molecule has 0 radical (unpaired) electrons. The van der Waals surface area contributed by atoms with E-state index in [0.717, 1.165) is 45.8 Å². The Morgan fingerprint density at radius 2 is 1.82 bits per heavy atom. The van der Waals surface area contributed by atoms with Crippen molar-refractivity contribution in [2.45, 2.75) is 58.4 Å². The van der Waals surface area contributed by atoms with Gasteiger partial charge in [0.05, 0.1) is 13.5 Å². The normalized spacial score (nSPS) is 11.9. The van der Waals surface area contributed by atoms with Crippen LogP contribution in [0.4, 0.5) is 5.82 Å². The quantitative estimate of drug-likeness (QED) is 0.224. The third-order valence-corrected chi connectivity index (χ3v) is 6.72. The predicted octanol–water partition coefficient (Wildman–Crippen LogP) is 5.24. The van der Waals surface area contributed by atoms with Crippen molar-refractivity contribution in [3.8, 4) is 5.75 Å². The molecule has 8 nitrogen and oxygen atoms in total. The summed E-state index contributed by atoms with van der Waals surface area (Å²) in [7, 11) is 1.61. The van der Waals surface area contributed by atoms with Crippen molar-refractivity contribution in [2.24, 2.45) is 0 Å². The molecular weight excluding hydrogens is 480 g/mol. The molecule has 2 aromatic carbocycles. The minimum atomic E-state index is -0.729. The van der Waals surface area contributed by atoms with Gasteiger partial charge in [0.2, 0.25) is 11.8 Å². The van der Waals surface area contributed by atoms with Gasteiger partial charge in [0, 0.05) is 34.6 Å². The van der Waals surface area contributed by atoms with Gasteiger partial charge in [-0.25, -0.2) is 4.98 Å². The summed E-state index contributed by atoms with van der Waals surface area (Å²) in [6, 6.07) is 14.6. The third kappa shape index (κ3) is 6.76. The summed E-state index contributed by atoms with van der Waals surface area (Å²) >= 11 is 0. The van der Waals surface area contributed by atoms with Gasteiger partial charge in [0.25, 0.3) is 0 Å². The molecule has 4 aromatic rings. The van der Waals surface area contributed by atoms with Crippen LogP contribution in [-0.4, -0.2) is 40.7 Å². The first-order chi connectivity index (χ1) is 18.3. The van der Waals surface area contributed by atoms with Gasteiger partial charge in [0.1, 0.15) is 23.4 Å². The first kappa shape index (κ1) is 26.9. The van der Waals surface area contributed by atoms with Crippen molar-refractivity contribution in [1.29, 1.82) is 0 Å². The second kappa shape index (κ2) is 12.4. The molecule has 0 fully saturated rings. The van der Waals surface area contributed by atoms with E-state index in [1.165, 1.54) is 0 Å². The van der Waals surface area contributed by atoms with Crippen molar-refractivity contribution < 1.29 is 19.1 Å². The topological polar surface area (TPSA) is 113 Å². The van der Waals surface area contributed by atoms with Crippen molar-refractivity contribution in [3.05, 3.63) is 66.0 Å². The van der Waals surface area contributed by atoms with E-state index < -0.39 is 6.04 Å². The molecule has 8 heteroatoms. The molecule has 2 aromatic heterocycles. The summed E-state index contributed by atoms with van der Waals surface area (Å²) in [5.74, 6) is 0.742. The number of anilines is 1. The second-order valence-electron chi connectivity index (χ2n) is 9.64. The number of aromatic amines is 1. The fraction of sp³-hybridized carbons (Fsp3) is 0.333. The van der Waals surface area contributed by atoms with Crippen LogP contribution in [0, 0.1) is 6.92 Å². The Kier molecular flexibility index (Phi) is 8.73. The highest BCUT2D eigenvalue weighted by molar-refractivity contribution is 5.99. The summed E-state index contributed by atoms with van der Waals surface area (Å²) in [4.78, 5) is 45.4. The molecule has 4 rings (SSSR count). The highest BCUT2D eigenvalue weighted by Gasteiger charge is 2.22. The third-order valence-electron chi connectivity index (χ3n) is 6.72. The number of H-pyrrole nitrogens is 1. The van der Waals surface area contributed by atoms with Crippen LogP contribution >= 0.6 is 0 Å². The molecule has 0 saturated carbocycles. The fourth-order valence-corrected chi connectivity index (χ4v) is 4.66. The van der Waals surface area contributed by atoms with E-state index in [1.807, 2.05) is 55.5 Å². The number of rotatable bonds is 12. The monoisotopic (exact) mass is 514 g/mol. The van der Waals surface area contributed by atoms with Crippen LogP contribution in [-0.2, 0) is 20.8 Å².